The number of rotatable bonds is 7. The van der Waals surface area contributed by atoms with E-state index >= 15 is 0 Å². The first kappa shape index (κ1) is 21.6. The normalized spacial score (nSPS) is 14.8. The summed E-state index contributed by atoms with van der Waals surface area (Å²) in [5, 5.41) is 16.1. The molecule has 164 valence electrons. The maximum absolute atomic E-state index is 14.7. The van der Waals surface area contributed by atoms with Gasteiger partial charge in [0.15, 0.2) is 0 Å². The molecule has 4 rings (SSSR count). The Hall–Kier alpha value is -3.61. The first-order valence-electron chi connectivity index (χ1n) is 10.4. The SMILES string of the molecule is Cc1cc(C(CC(c2ccc(C(=O)NC3CC3)cc2)c2ccc(F)cc2F)=NO)ccn1. The third-order valence-corrected chi connectivity index (χ3v) is 5.57. The van der Waals surface area contributed by atoms with Gasteiger partial charge in [-0.25, -0.2) is 8.78 Å². The zero-order valence-corrected chi connectivity index (χ0v) is 17.6. The molecule has 0 saturated heterocycles. The van der Waals surface area contributed by atoms with Crippen molar-refractivity contribution in [3.05, 3.63) is 100 Å². The van der Waals surface area contributed by atoms with Crippen molar-refractivity contribution in [1.29, 1.82) is 0 Å². The van der Waals surface area contributed by atoms with E-state index in [1.54, 1.807) is 42.6 Å². The molecule has 7 heteroatoms. The minimum Gasteiger partial charge on any atom is -0.411 e. The summed E-state index contributed by atoms with van der Waals surface area (Å²) in [4.78, 5) is 16.5. The average Bonchev–Trinajstić information content (AvgIpc) is 3.59. The molecule has 2 N–H and O–H groups in total. The second-order valence-electron chi connectivity index (χ2n) is 8.02. The number of aryl methyl sites for hydroxylation is 1. The van der Waals surface area contributed by atoms with Crippen LogP contribution < -0.4 is 5.32 Å². The molecule has 3 aromatic rings. The Bertz CT molecular complexity index is 1160. The first-order valence-corrected chi connectivity index (χ1v) is 10.4. The standard InChI is InChI=1S/C25H23F2N3O2/c1-15-12-18(10-11-28-15)24(30-32)14-22(21-9-6-19(26)13-23(21)27)16-2-4-17(5-3-16)25(31)29-20-7-8-20/h2-6,9-13,20,22,32H,7-8,14H2,1H3,(H,29,31). The van der Waals surface area contributed by atoms with Gasteiger partial charge in [-0.05, 0) is 61.2 Å². The molecular formula is C25H23F2N3O2. The Balaban J connectivity index is 1.68. The zero-order chi connectivity index (χ0) is 22.7. The summed E-state index contributed by atoms with van der Waals surface area (Å²) in [6.07, 6.45) is 3.76. The molecule has 0 radical (unpaired) electrons. The van der Waals surface area contributed by atoms with E-state index < -0.39 is 17.6 Å². The van der Waals surface area contributed by atoms with Crippen LogP contribution in [0.4, 0.5) is 8.78 Å². The number of aromatic nitrogens is 1. The van der Waals surface area contributed by atoms with Crippen LogP contribution in [-0.2, 0) is 0 Å². The van der Waals surface area contributed by atoms with Crippen LogP contribution >= 0.6 is 0 Å². The number of carbonyl (C=O) groups excluding carboxylic acids is 1. The van der Waals surface area contributed by atoms with Crippen molar-refractivity contribution in [2.75, 3.05) is 0 Å². The van der Waals surface area contributed by atoms with E-state index in [-0.39, 0.29) is 23.9 Å². The zero-order valence-electron chi connectivity index (χ0n) is 17.6. The smallest absolute Gasteiger partial charge is 0.251 e. The Morgan fingerprint density at radius 3 is 2.50 bits per heavy atom. The molecule has 1 amide bonds. The highest BCUT2D eigenvalue weighted by Crippen LogP contribution is 2.32. The summed E-state index contributed by atoms with van der Waals surface area (Å²) in [6, 6.07) is 14.1. The molecule has 1 atom stereocenters. The van der Waals surface area contributed by atoms with Crippen molar-refractivity contribution in [3.63, 3.8) is 0 Å². The summed E-state index contributed by atoms with van der Waals surface area (Å²) in [5.41, 5.74) is 3.26. The molecule has 1 aliphatic rings. The lowest BCUT2D eigenvalue weighted by molar-refractivity contribution is 0.0951. The Morgan fingerprint density at radius 2 is 1.88 bits per heavy atom. The quantitative estimate of drug-likeness (QED) is 0.313. The van der Waals surface area contributed by atoms with E-state index in [0.717, 1.165) is 24.6 Å². The number of pyridine rings is 1. The summed E-state index contributed by atoms with van der Waals surface area (Å²) in [5.74, 6) is -2.06. The van der Waals surface area contributed by atoms with Crippen molar-refractivity contribution >= 4 is 11.6 Å². The van der Waals surface area contributed by atoms with Crippen LogP contribution in [0.25, 0.3) is 0 Å². The minimum absolute atomic E-state index is 0.145. The second-order valence-corrected chi connectivity index (χ2v) is 8.02. The lowest BCUT2D eigenvalue weighted by atomic mass is 9.85. The van der Waals surface area contributed by atoms with Crippen LogP contribution in [0.2, 0.25) is 0 Å². The van der Waals surface area contributed by atoms with Gasteiger partial charge in [0.25, 0.3) is 5.91 Å². The number of carbonyl (C=O) groups is 1. The van der Waals surface area contributed by atoms with Crippen LogP contribution in [0.1, 0.15) is 57.9 Å². The molecular weight excluding hydrogens is 412 g/mol. The monoisotopic (exact) mass is 435 g/mol. The van der Waals surface area contributed by atoms with E-state index in [1.165, 1.54) is 12.1 Å². The average molecular weight is 435 g/mol. The number of hydrogen-bond acceptors (Lipinski definition) is 4. The van der Waals surface area contributed by atoms with Crippen LogP contribution in [0.5, 0.6) is 0 Å². The van der Waals surface area contributed by atoms with Gasteiger partial charge in [-0.2, -0.15) is 0 Å². The Kier molecular flexibility index (Phi) is 6.25. The Morgan fingerprint density at radius 1 is 1.12 bits per heavy atom. The largest absolute Gasteiger partial charge is 0.411 e. The predicted molar refractivity (Wildman–Crippen MR) is 117 cm³/mol. The molecule has 1 fully saturated rings. The van der Waals surface area contributed by atoms with Gasteiger partial charge < -0.3 is 10.5 Å². The molecule has 1 heterocycles. The molecule has 1 aliphatic carbocycles. The number of benzene rings is 2. The lowest BCUT2D eigenvalue weighted by Gasteiger charge is -2.20. The van der Waals surface area contributed by atoms with Crippen molar-refractivity contribution in [1.82, 2.24) is 10.3 Å². The van der Waals surface area contributed by atoms with Crippen LogP contribution in [0.15, 0.2) is 65.9 Å². The third-order valence-electron chi connectivity index (χ3n) is 5.57. The first-order chi connectivity index (χ1) is 15.4. The fraction of sp³-hybridized carbons (Fsp3) is 0.240. The lowest BCUT2D eigenvalue weighted by Crippen LogP contribution is -2.25. The summed E-state index contributed by atoms with van der Waals surface area (Å²) >= 11 is 0. The number of oxime groups is 1. The molecule has 0 aliphatic heterocycles. The Labute approximate surface area is 184 Å². The van der Waals surface area contributed by atoms with Gasteiger partial charge in [0.05, 0.1) is 5.71 Å². The molecule has 1 saturated carbocycles. The summed E-state index contributed by atoms with van der Waals surface area (Å²) in [7, 11) is 0. The molecule has 5 nitrogen and oxygen atoms in total. The molecule has 0 bridgehead atoms. The highest BCUT2D eigenvalue weighted by Gasteiger charge is 2.25. The molecule has 32 heavy (non-hydrogen) atoms. The van der Waals surface area contributed by atoms with Gasteiger partial charge in [0, 0.05) is 47.5 Å². The molecule has 2 aromatic carbocycles. The second kappa shape index (κ2) is 9.26. The van der Waals surface area contributed by atoms with Crippen molar-refractivity contribution in [2.45, 2.75) is 38.1 Å². The number of nitrogens with one attached hydrogen (secondary N) is 1. The topological polar surface area (TPSA) is 74.6 Å². The third kappa shape index (κ3) is 4.99. The minimum atomic E-state index is -0.686. The van der Waals surface area contributed by atoms with E-state index in [0.29, 0.717) is 22.4 Å². The fourth-order valence-electron chi connectivity index (χ4n) is 3.69. The van der Waals surface area contributed by atoms with E-state index in [1.807, 2.05) is 6.92 Å². The van der Waals surface area contributed by atoms with Crippen LogP contribution in [0.3, 0.4) is 0 Å². The number of amides is 1. The van der Waals surface area contributed by atoms with Crippen LogP contribution in [-0.4, -0.2) is 27.9 Å². The van der Waals surface area contributed by atoms with Crippen molar-refractivity contribution in [2.24, 2.45) is 5.16 Å². The van der Waals surface area contributed by atoms with Gasteiger partial charge in [-0.15, -0.1) is 0 Å². The van der Waals surface area contributed by atoms with E-state index in [2.05, 4.69) is 15.5 Å². The maximum atomic E-state index is 14.7. The van der Waals surface area contributed by atoms with Gasteiger partial charge in [-0.3, -0.25) is 9.78 Å². The maximum Gasteiger partial charge on any atom is 0.251 e. The van der Waals surface area contributed by atoms with Gasteiger partial charge in [0.2, 0.25) is 0 Å². The van der Waals surface area contributed by atoms with Gasteiger partial charge in [0.1, 0.15) is 11.6 Å². The summed E-state index contributed by atoms with van der Waals surface area (Å²) in [6.45, 7) is 1.82. The number of nitrogens with zero attached hydrogens (tertiary/aromatic N) is 2. The van der Waals surface area contributed by atoms with Gasteiger partial charge >= 0.3 is 0 Å². The van der Waals surface area contributed by atoms with E-state index in [9.17, 15) is 18.8 Å². The predicted octanol–water partition coefficient (Wildman–Crippen LogP) is 4.96. The highest BCUT2D eigenvalue weighted by molar-refractivity contribution is 6.01. The molecule has 1 aromatic heterocycles. The highest BCUT2D eigenvalue weighted by atomic mass is 19.1. The van der Waals surface area contributed by atoms with Crippen molar-refractivity contribution in [3.8, 4) is 0 Å². The fourth-order valence-corrected chi connectivity index (χ4v) is 3.69. The molecule has 1 unspecified atom stereocenters. The summed E-state index contributed by atoms with van der Waals surface area (Å²) < 4.78 is 28.3. The molecule has 0 spiro atoms. The van der Waals surface area contributed by atoms with Crippen LogP contribution in [0, 0.1) is 18.6 Å². The number of halogens is 2. The van der Waals surface area contributed by atoms with Crippen molar-refractivity contribution < 1.29 is 18.8 Å². The van der Waals surface area contributed by atoms with Gasteiger partial charge in [-0.1, -0.05) is 23.4 Å². The number of hydrogen-bond donors (Lipinski definition) is 2. The van der Waals surface area contributed by atoms with E-state index in [4.69, 9.17) is 0 Å².